The van der Waals surface area contributed by atoms with Crippen LogP contribution in [0.2, 0.25) is 0 Å². The van der Waals surface area contributed by atoms with E-state index in [1.54, 1.807) is 36.4 Å². The van der Waals surface area contributed by atoms with Crippen molar-refractivity contribution in [3.8, 4) is 5.75 Å². The maximum Gasteiger partial charge on any atom is 0.306 e. The number of hydrazone groups is 1. The molecule has 0 spiro atoms. The number of nitrogens with zero attached hydrogens (tertiary/aromatic N) is 1. The molecule has 0 atom stereocenters. The monoisotopic (exact) mass is 398 g/mol. The summed E-state index contributed by atoms with van der Waals surface area (Å²) in [5.74, 6) is 4.28. The van der Waals surface area contributed by atoms with Gasteiger partial charge in [0.2, 0.25) is 0 Å². The molecule has 5 N–H and O–H groups in total. The minimum absolute atomic E-state index is 0.0791. The van der Waals surface area contributed by atoms with Crippen LogP contribution in [0.4, 0.5) is 11.4 Å². The fourth-order valence-corrected chi connectivity index (χ4v) is 2.53. The Bertz CT molecular complexity index is 904. The van der Waals surface area contributed by atoms with Crippen molar-refractivity contribution in [3.63, 3.8) is 0 Å². The maximum atomic E-state index is 12.5. The van der Waals surface area contributed by atoms with Gasteiger partial charge in [0.15, 0.2) is 0 Å². The van der Waals surface area contributed by atoms with Gasteiger partial charge in [-0.25, -0.2) is 0 Å². The second kappa shape index (κ2) is 9.59. The molecule has 0 aromatic heterocycles. The summed E-state index contributed by atoms with van der Waals surface area (Å²) in [6.07, 6.45) is 1.93. The average Bonchev–Trinajstić information content (AvgIpc) is 2.65. The third-order valence-electron chi connectivity index (χ3n) is 3.78. The van der Waals surface area contributed by atoms with Gasteiger partial charge in [0, 0.05) is 17.7 Å². The molecule has 0 unspecified atom stereocenters. The summed E-state index contributed by atoms with van der Waals surface area (Å²) in [4.78, 5) is 24.3. The summed E-state index contributed by atoms with van der Waals surface area (Å²) >= 11 is 0. The lowest BCUT2D eigenvalue weighted by atomic mass is 10.1. The summed E-state index contributed by atoms with van der Waals surface area (Å²) in [5, 5.41) is 19.1. The number of ether oxygens (including phenoxy) is 1. The molecule has 0 aliphatic heterocycles. The number of amides is 1. The van der Waals surface area contributed by atoms with E-state index in [2.05, 4.69) is 15.7 Å². The number of rotatable bonds is 7. The number of esters is 1. The fraction of sp³-hybridized carbons (Fsp3) is 0.286. The van der Waals surface area contributed by atoms with Crippen LogP contribution in [-0.2, 0) is 16.0 Å². The van der Waals surface area contributed by atoms with Crippen molar-refractivity contribution < 1.29 is 19.4 Å². The lowest BCUT2D eigenvalue weighted by molar-refractivity contribution is -0.154. The average molecular weight is 398 g/mol. The highest BCUT2D eigenvalue weighted by molar-refractivity contribution is 6.05. The first kappa shape index (κ1) is 21.7. The molecule has 0 aliphatic carbocycles. The van der Waals surface area contributed by atoms with E-state index in [1.165, 1.54) is 12.4 Å². The molecule has 0 bridgehead atoms. The minimum atomic E-state index is -0.530. The van der Waals surface area contributed by atoms with Gasteiger partial charge in [-0.05, 0) is 63.1 Å². The number of anilines is 2. The molecular formula is C21H26N4O4. The highest BCUT2D eigenvalue weighted by Gasteiger charge is 2.16. The van der Waals surface area contributed by atoms with Gasteiger partial charge >= 0.3 is 5.97 Å². The number of hydrogen-bond donors (Lipinski definition) is 4. The van der Waals surface area contributed by atoms with Gasteiger partial charge in [-0.2, -0.15) is 5.10 Å². The van der Waals surface area contributed by atoms with Gasteiger partial charge < -0.3 is 26.3 Å². The lowest BCUT2D eigenvalue weighted by Gasteiger charge is -2.19. The van der Waals surface area contributed by atoms with E-state index in [-0.39, 0.29) is 29.7 Å². The predicted octanol–water partition coefficient (Wildman–Crippen LogP) is 3.23. The summed E-state index contributed by atoms with van der Waals surface area (Å²) in [6, 6.07) is 11.6. The SMILES string of the molecule is CC(C)(C)OC(=O)CCc1ccc(NC(=O)c2cccc(NC=NN)c2)c(O)c1. The van der Waals surface area contributed by atoms with E-state index in [0.717, 1.165) is 5.56 Å². The summed E-state index contributed by atoms with van der Waals surface area (Å²) in [6.45, 7) is 5.43. The Morgan fingerprint density at radius 3 is 2.62 bits per heavy atom. The molecule has 154 valence electrons. The highest BCUT2D eigenvalue weighted by atomic mass is 16.6. The Labute approximate surface area is 169 Å². The van der Waals surface area contributed by atoms with Crippen LogP contribution in [0.1, 0.15) is 43.1 Å². The summed E-state index contributed by atoms with van der Waals surface area (Å²) in [5.41, 5.74) is 1.55. The van der Waals surface area contributed by atoms with Crippen LogP contribution in [0.3, 0.4) is 0 Å². The van der Waals surface area contributed by atoms with Crippen LogP contribution < -0.4 is 16.5 Å². The molecule has 0 aliphatic rings. The van der Waals surface area contributed by atoms with E-state index in [1.807, 2.05) is 20.8 Å². The number of benzene rings is 2. The van der Waals surface area contributed by atoms with E-state index >= 15 is 0 Å². The molecule has 2 rings (SSSR count). The molecule has 2 aromatic rings. The van der Waals surface area contributed by atoms with Gasteiger partial charge in [0.05, 0.1) is 5.69 Å². The third-order valence-corrected chi connectivity index (χ3v) is 3.78. The molecule has 2 aromatic carbocycles. The number of phenolic OH excluding ortho intramolecular Hbond substituents is 1. The Kier molecular flexibility index (Phi) is 7.19. The normalized spacial score (nSPS) is 11.3. The number of nitrogens with two attached hydrogens (primary N) is 1. The summed E-state index contributed by atoms with van der Waals surface area (Å²) in [7, 11) is 0. The second-order valence-corrected chi connectivity index (χ2v) is 7.40. The van der Waals surface area contributed by atoms with Gasteiger partial charge in [0.25, 0.3) is 5.91 Å². The third kappa shape index (κ3) is 7.17. The van der Waals surface area contributed by atoms with Crippen molar-refractivity contribution in [1.29, 1.82) is 0 Å². The van der Waals surface area contributed by atoms with Crippen molar-refractivity contribution in [2.75, 3.05) is 10.6 Å². The zero-order chi connectivity index (χ0) is 21.4. The van der Waals surface area contributed by atoms with Crippen LogP contribution in [-0.4, -0.2) is 28.9 Å². The highest BCUT2D eigenvalue weighted by Crippen LogP contribution is 2.26. The Morgan fingerprint density at radius 1 is 1.21 bits per heavy atom. The molecule has 8 heteroatoms. The molecule has 0 radical (unpaired) electrons. The Balaban J connectivity index is 2.00. The number of nitrogens with one attached hydrogen (secondary N) is 2. The Morgan fingerprint density at radius 2 is 1.97 bits per heavy atom. The minimum Gasteiger partial charge on any atom is -0.506 e. The van der Waals surface area contributed by atoms with Crippen molar-refractivity contribution in [2.45, 2.75) is 39.2 Å². The van der Waals surface area contributed by atoms with Crippen LogP contribution in [0.15, 0.2) is 47.6 Å². The molecule has 1 amide bonds. The number of carbonyl (C=O) groups is 2. The number of aryl methyl sites for hydroxylation is 1. The quantitative estimate of drug-likeness (QED) is 0.142. The second-order valence-electron chi connectivity index (χ2n) is 7.40. The number of phenols is 1. The molecule has 29 heavy (non-hydrogen) atoms. The molecule has 0 heterocycles. The van der Waals surface area contributed by atoms with Gasteiger partial charge in [-0.1, -0.05) is 12.1 Å². The first-order valence-corrected chi connectivity index (χ1v) is 9.11. The predicted molar refractivity (Wildman–Crippen MR) is 113 cm³/mol. The molecule has 8 nitrogen and oxygen atoms in total. The van der Waals surface area contributed by atoms with Crippen molar-refractivity contribution >= 4 is 29.6 Å². The first-order valence-electron chi connectivity index (χ1n) is 9.11. The van der Waals surface area contributed by atoms with Crippen molar-refractivity contribution in [2.24, 2.45) is 10.9 Å². The number of hydrogen-bond acceptors (Lipinski definition) is 6. The van der Waals surface area contributed by atoms with Crippen molar-refractivity contribution in [1.82, 2.24) is 0 Å². The van der Waals surface area contributed by atoms with E-state index in [4.69, 9.17) is 10.6 Å². The smallest absolute Gasteiger partial charge is 0.306 e. The number of aromatic hydroxyl groups is 1. The van der Waals surface area contributed by atoms with E-state index < -0.39 is 5.60 Å². The lowest BCUT2D eigenvalue weighted by Crippen LogP contribution is -2.24. The molecular weight excluding hydrogens is 372 g/mol. The zero-order valence-corrected chi connectivity index (χ0v) is 16.7. The van der Waals surface area contributed by atoms with Gasteiger partial charge in [-0.15, -0.1) is 0 Å². The topological polar surface area (TPSA) is 126 Å². The Hall–Kier alpha value is -3.55. The van der Waals surface area contributed by atoms with Gasteiger partial charge in [-0.3, -0.25) is 9.59 Å². The number of carbonyl (C=O) groups excluding carboxylic acids is 2. The van der Waals surface area contributed by atoms with Crippen LogP contribution in [0.25, 0.3) is 0 Å². The zero-order valence-electron chi connectivity index (χ0n) is 16.7. The molecule has 0 fully saturated rings. The van der Waals surface area contributed by atoms with E-state index in [0.29, 0.717) is 17.7 Å². The first-order chi connectivity index (χ1) is 13.7. The standard InChI is InChI=1S/C21H26N4O4/c1-21(2,3)29-19(27)10-8-14-7-9-17(18(26)11-14)25-20(28)15-5-4-6-16(12-15)23-13-24-22/h4-7,9,11-13,26H,8,10,22H2,1-3H3,(H,23,24)(H,25,28). The molecule has 0 saturated heterocycles. The van der Waals surface area contributed by atoms with Crippen LogP contribution >= 0.6 is 0 Å². The van der Waals surface area contributed by atoms with Crippen molar-refractivity contribution in [3.05, 3.63) is 53.6 Å². The largest absolute Gasteiger partial charge is 0.506 e. The van der Waals surface area contributed by atoms with Crippen LogP contribution in [0, 0.1) is 0 Å². The van der Waals surface area contributed by atoms with Crippen LogP contribution in [0.5, 0.6) is 5.75 Å². The molecule has 0 saturated carbocycles. The van der Waals surface area contributed by atoms with Gasteiger partial charge in [0.1, 0.15) is 17.7 Å². The summed E-state index contributed by atoms with van der Waals surface area (Å²) < 4.78 is 5.27. The maximum absolute atomic E-state index is 12.5. The fourth-order valence-electron chi connectivity index (χ4n) is 2.53. The van der Waals surface area contributed by atoms with E-state index in [9.17, 15) is 14.7 Å².